The molecule has 0 spiro atoms. The number of pyridine rings is 1. The predicted octanol–water partition coefficient (Wildman–Crippen LogP) is 0.325. The van der Waals surface area contributed by atoms with Crippen molar-refractivity contribution in [1.82, 2.24) is 10.3 Å². The second-order valence-corrected chi connectivity index (χ2v) is 3.08. The monoisotopic (exact) mass is 179 g/mol. The summed E-state index contributed by atoms with van der Waals surface area (Å²) in [7, 11) is 0. The van der Waals surface area contributed by atoms with Crippen molar-refractivity contribution in [2.45, 2.75) is 6.10 Å². The molecule has 2 heterocycles. The Bertz CT molecular complexity index is 284. The summed E-state index contributed by atoms with van der Waals surface area (Å²) in [5.41, 5.74) is 7.29. The van der Waals surface area contributed by atoms with Gasteiger partial charge in [-0.3, -0.25) is 4.98 Å². The lowest BCUT2D eigenvalue weighted by molar-refractivity contribution is 0.0251. The molecule has 0 aromatic carbocycles. The van der Waals surface area contributed by atoms with Gasteiger partial charge in [-0.25, -0.2) is 0 Å². The molecule has 1 saturated heterocycles. The zero-order chi connectivity index (χ0) is 9.10. The molecule has 1 atom stereocenters. The summed E-state index contributed by atoms with van der Waals surface area (Å²) in [6.07, 6.45) is 1.76. The van der Waals surface area contributed by atoms with Crippen LogP contribution in [0.3, 0.4) is 0 Å². The fourth-order valence-electron chi connectivity index (χ4n) is 1.40. The minimum absolute atomic E-state index is 0.0530. The molecule has 70 valence electrons. The van der Waals surface area contributed by atoms with E-state index in [0.717, 1.165) is 31.1 Å². The first-order valence-corrected chi connectivity index (χ1v) is 4.40. The quantitative estimate of drug-likeness (QED) is 0.652. The van der Waals surface area contributed by atoms with E-state index >= 15 is 0 Å². The average Bonchev–Trinajstić information content (AvgIpc) is 2.19. The number of nitrogen functional groups attached to an aromatic ring is 1. The second kappa shape index (κ2) is 3.72. The Kier molecular flexibility index (Phi) is 2.42. The van der Waals surface area contributed by atoms with Crippen LogP contribution in [0.15, 0.2) is 18.3 Å². The lowest BCUT2D eigenvalue weighted by Gasteiger charge is -2.23. The highest BCUT2D eigenvalue weighted by atomic mass is 16.5. The molecule has 4 nitrogen and oxygen atoms in total. The molecule has 1 unspecified atom stereocenters. The van der Waals surface area contributed by atoms with Gasteiger partial charge in [-0.05, 0) is 12.1 Å². The largest absolute Gasteiger partial charge is 0.399 e. The van der Waals surface area contributed by atoms with Gasteiger partial charge >= 0.3 is 0 Å². The van der Waals surface area contributed by atoms with Crippen LogP contribution in [0.25, 0.3) is 0 Å². The Labute approximate surface area is 77.1 Å². The number of rotatable bonds is 1. The lowest BCUT2D eigenvalue weighted by Crippen LogP contribution is -2.33. The van der Waals surface area contributed by atoms with Crippen molar-refractivity contribution in [3.8, 4) is 0 Å². The van der Waals surface area contributed by atoms with Crippen LogP contribution >= 0.6 is 0 Å². The van der Waals surface area contributed by atoms with Gasteiger partial charge in [0, 0.05) is 25.0 Å². The number of nitrogens with one attached hydrogen (secondary N) is 1. The van der Waals surface area contributed by atoms with Crippen LogP contribution in [0.1, 0.15) is 11.8 Å². The van der Waals surface area contributed by atoms with Crippen LogP contribution in [0, 0.1) is 0 Å². The number of hydrogen-bond acceptors (Lipinski definition) is 4. The maximum atomic E-state index is 5.65. The van der Waals surface area contributed by atoms with E-state index in [0.29, 0.717) is 0 Å². The number of ether oxygens (including phenoxy) is 1. The third-order valence-corrected chi connectivity index (χ3v) is 2.06. The van der Waals surface area contributed by atoms with Crippen molar-refractivity contribution >= 4 is 5.69 Å². The number of nitrogens with two attached hydrogens (primary N) is 1. The SMILES string of the molecule is Nc1ccnc(C2CNCCO2)c1. The van der Waals surface area contributed by atoms with Crippen LogP contribution in [0.4, 0.5) is 5.69 Å². The molecule has 13 heavy (non-hydrogen) atoms. The first kappa shape index (κ1) is 8.47. The number of nitrogens with zero attached hydrogens (tertiary/aromatic N) is 1. The maximum Gasteiger partial charge on any atom is 0.112 e. The summed E-state index contributed by atoms with van der Waals surface area (Å²) in [6.45, 7) is 2.47. The van der Waals surface area contributed by atoms with E-state index in [9.17, 15) is 0 Å². The highest BCUT2D eigenvalue weighted by Crippen LogP contribution is 2.17. The molecule has 1 fully saturated rings. The average molecular weight is 179 g/mol. The van der Waals surface area contributed by atoms with Crippen LogP contribution in [0.2, 0.25) is 0 Å². The number of aromatic nitrogens is 1. The second-order valence-electron chi connectivity index (χ2n) is 3.08. The van der Waals surface area contributed by atoms with E-state index in [-0.39, 0.29) is 6.10 Å². The lowest BCUT2D eigenvalue weighted by atomic mass is 10.2. The zero-order valence-electron chi connectivity index (χ0n) is 7.36. The summed E-state index contributed by atoms with van der Waals surface area (Å²) < 4.78 is 5.54. The molecule has 1 aliphatic rings. The molecule has 0 saturated carbocycles. The minimum Gasteiger partial charge on any atom is -0.399 e. The van der Waals surface area contributed by atoms with Crippen molar-refractivity contribution in [1.29, 1.82) is 0 Å². The molecule has 1 aliphatic heterocycles. The first-order chi connectivity index (χ1) is 6.36. The Morgan fingerprint density at radius 1 is 1.62 bits per heavy atom. The van der Waals surface area contributed by atoms with Gasteiger partial charge in [-0.1, -0.05) is 0 Å². The van der Waals surface area contributed by atoms with E-state index in [1.165, 1.54) is 0 Å². The van der Waals surface area contributed by atoms with Crippen molar-refractivity contribution in [2.75, 3.05) is 25.4 Å². The van der Waals surface area contributed by atoms with E-state index in [2.05, 4.69) is 10.3 Å². The van der Waals surface area contributed by atoms with Gasteiger partial charge in [0.1, 0.15) is 6.10 Å². The number of hydrogen-bond donors (Lipinski definition) is 2. The molecule has 2 rings (SSSR count). The smallest absolute Gasteiger partial charge is 0.112 e. The highest BCUT2D eigenvalue weighted by Gasteiger charge is 2.16. The van der Waals surface area contributed by atoms with E-state index in [4.69, 9.17) is 10.5 Å². The van der Waals surface area contributed by atoms with Gasteiger partial charge in [0.25, 0.3) is 0 Å². The van der Waals surface area contributed by atoms with Crippen molar-refractivity contribution in [3.05, 3.63) is 24.0 Å². The highest BCUT2D eigenvalue weighted by molar-refractivity contribution is 5.37. The normalized spacial score (nSPS) is 22.9. The van der Waals surface area contributed by atoms with Crippen molar-refractivity contribution in [2.24, 2.45) is 0 Å². The van der Waals surface area contributed by atoms with Gasteiger partial charge in [-0.15, -0.1) is 0 Å². The minimum atomic E-state index is 0.0530. The molecule has 4 heteroatoms. The van der Waals surface area contributed by atoms with Gasteiger partial charge < -0.3 is 15.8 Å². The predicted molar refractivity (Wildman–Crippen MR) is 50.2 cm³/mol. The van der Waals surface area contributed by atoms with Gasteiger partial charge in [-0.2, -0.15) is 0 Å². The van der Waals surface area contributed by atoms with Crippen LogP contribution in [-0.4, -0.2) is 24.7 Å². The summed E-state index contributed by atoms with van der Waals surface area (Å²) in [5, 5.41) is 3.25. The Morgan fingerprint density at radius 2 is 2.54 bits per heavy atom. The van der Waals surface area contributed by atoms with Gasteiger partial charge in [0.15, 0.2) is 0 Å². The standard InChI is InChI=1S/C9H13N3O/c10-7-1-2-12-8(5-7)9-6-11-3-4-13-9/h1-2,5,9,11H,3-4,6H2,(H2,10,12). The molecular formula is C9H13N3O. The summed E-state index contributed by atoms with van der Waals surface area (Å²) in [5.74, 6) is 0. The van der Waals surface area contributed by atoms with E-state index in [1.807, 2.05) is 6.07 Å². The maximum absolute atomic E-state index is 5.65. The molecule has 0 bridgehead atoms. The first-order valence-electron chi connectivity index (χ1n) is 4.40. The summed E-state index contributed by atoms with van der Waals surface area (Å²) >= 11 is 0. The van der Waals surface area contributed by atoms with E-state index < -0.39 is 0 Å². The molecule has 0 aliphatic carbocycles. The van der Waals surface area contributed by atoms with Crippen molar-refractivity contribution in [3.63, 3.8) is 0 Å². The fraction of sp³-hybridized carbons (Fsp3) is 0.444. The number of anilines is 1. The molecule has 1 aromatic heterocycles. The molecule has 3 N–H and O–H groups in total. The van der Waals surface area contributed by atoms with E-state index in [1.54, 1.807) is 12.3 Å². The van der Waals surface area contributed by atoms with Gasteiger partial charge in [0.05, 0.1) is 12.3 Å². The van der Waals surface area contributed by atoms with Crippen LogP contribution < -0.4 is 11.1 Å². The van der Waals surface area contributed by atoms with Crippen LogP contribution in [-0.2, 0) is 4.74 Å². The Balaban J connectivity index is 2.14. The number of morpholine rings is 1. The Morgan fingerprint density at radius 3 is 3.23 bits per heavy atom. The molecular weight excluding hydrogens is 166 g/mol. The zero-order valence-corrected chi connectivity index (χ0v) is 7.36. The molecule has 1 aromatic rings. The summed E-state index contributed by atoms with van der Waals surface area (Å²) in [6, 6.07) is 3.64. The third-order valence-electron chi connectivity index (χ3n) is 2.06. The summed E-state index contributed by atoms with van der Waals surface area (Å²) in [4.78, 5) is 4.22. The Hall–Kier alpha value is -1.13. The topological polar surface area (TPSA) is 60.2 Å². The molecule has 0 radical (unpaired) electrons. The third kappa shape index (κ3) is 1.96. The molecule has 0 amide bonds. The van der Waals surface area contributed by atoms with Crippen LogP contribution in [0.5, 0.6) is 0 Å². The van der Waals surface area contributed by atoms with Gasteiger partial charge in [0.2, 0.25) is 0 Å². The van der Waals surface area contributed by atoms with Crippen molar-refractivity contribution < 1.29 is 4.74 Å². The fourth-order valence-corrected chi connectivity index (χ4v) is 1.40.